The van der Waals surface area contributed by atoms with E-state index in [1.54, 1.807) is 11.3 Å². The molecule has 1 amide bonds. The molecule has 2 aliphatic rings. The monoisotopic (exact) mass is 432 g/mol. The summed E-state index contributed by atoms with van der Waals surface area (Å²) in [5.74, 6) is 0.122. The predicted molar refractivity (Wildman–Crippen MR) is 127 cm³/mol. The number of carbonyl (C=O) groups excluding carboxylic acids is 1. The molecular formula is C25H28N4OS. The molecule has 0 bridgehead atoms. The molecule has 0 atom stereocenters. The first-order chi connectivity index (χ1) is 15.1. The van der Waals surface area contributed by atoms with E-state index < -0.39 is 5.66 Å². The van der Waals surface area contributed by atoms with E-state index in [1.807, 2.05) is 41.7 Å². The highest BCUT2D eigenvalue weighted by Gasteiger charge is 2.39. The Labute approximate surface area is 187 Å². The molecule has 31 heavy (non-hydrogen) atoms. The van der Waals surface area contributed by atoms with Crippen molar-refractivity contribution in [2.75, 3.05) is 17.7 Å². The van der Waals surface area contributed by atoms with Gasteiger partial charge in [0.2, 0.25) is 0 Å². The molecule has 5 nitrogen and oxygen atoms in total. The van der Waals surface area contributed by atoms with Crippen LogP contribution in [0.5, 0.6) is 0 Å². The molecule has 2 N–H and O–H groups in total. The Balaban J connectivity index is 1.35. The predicted octanol–water partition coefficient (Wildman–Crippen LogP) is 5.48. The number of nitrogens with one attached hydrogen (secondary N) is 2. The largest absolute Gasteiger partial charge is 0.356 e. The van der Waals surface area contributed by atoms with Crippen LogP contribution in [-0.2, 0) is 12.1 Å². The first-order valence-corrected chi connectivity index (χ1v) is 12.0. The number of benzene rings is 2. The van der Waals surface area contributed by atoms with Crippen LogP contribution in [0.4, 0.5) is 11.4 Å². The van der Waals surface area contributed by atoms with E-state index in [9.17, 15) is 4.79 Å². The average Bonchev–Trinajstić information content (AvgIpc) is 3.48. The topological polar surface area (TPSA) is 57.3 Å². The summed E-state index contributed by atoms with van der Waals surface area (Å²) in [7, 11) is 1.95. The van der Waals surface area contributed by atoms with Gasteiger partial charge in [0.1, 0.15) is 0 Å². The minimum absolute atomic E-state index is 0.122. The summed E-state index contributed by atoms with van der Waals surface area (Å²) >= 11 is 1.60. The van der Waals surface area contributed by atoms with Gasteiger partial charge in [-0.15, -0.1) is 11.3 Å². The number of aromatic nitrogens is 1. The summed E-state index contributed by atoms with van der Waals surface area (Å²) in [4.78, 5) is 19.5. The lowest BCUT2D eigenvalue weighted by molar-refractivity contribution is 0.0696. The third-order valence-electron chi connectivity index (χ3n) is 6.61. The van der Waals surface area contributed by atoms with Gasteiger partial charge in [-0.1, -0.05) is 43.5 Å². The lowest BCUT2D eigenvalue weighted by Gasteiger charge is -2.31. The Morgan fingerprint density at radius 3 is 2.35 bits per heavy atom. The van der Waals surface area contributed by atoms with Crippen molar-refractivity contribution >= 4 is 28.6 Å². The summed E-state index contributed by atoms with van der Waals surface area (Å²) in [5, 5.41) is 9.40. The Morgan fingerprint density at radius 1 is 1.06 bits per heavy atom. The van der Waals surface area contributed by atoms with E-state index in [-0.39, 0.29) is 5.91 Å². The van der Waals surface area contributed by atoms with Crippen LogP contribution < -0.4 is 10.6 Å². The zero-order valence-electron chi connectivity index (χ0n) is 17.8. The van der Waals surface area contributed by atoms with Crippen molar-refractivity contribution in [2.45, 2.75) is 50.2 Å². The second kappa shape index (κ2) is 8.35. The van der Waals surface area contributed by atoms with Gasteiger partial charge in [0.15, 0.2) is 5.66 Å². The summed E-state index contributed by atoms with van der Waals surface area (Å²) < 4.78 is 0. The molecule has 2 heterocycles. The van der Waals surface area contributed by atoms with Gasteiger partial charge >= 0.3 is 0 Å². The lowest BCUT2D eigenvalue weighted by Crippen LogP contribution is -2.41. The highest BCUT2D eigenvalue weighted by Crippen LogP contribution is 2.41. The second-order valence-electron chi connectivity index (χ2n) is 8.66. The number of para-hydroxylation sites is 2. The zero-order chi connectivity index (χ0) is 21.3. The molecular weight excluding hydrogens is 404 g/mol. The van der Waals surface area contributed by atoms with Crippen LogP contribution in [0.3, 0.4) is 0 Å². The van der Waals surface area contributed by atoms with Gasteiger partial charge < -0.3 is 15.5 Å². The van der Waals surface area contributed by atoms with Gasteiger partial charge in [-0.2, -0.15) is 0 Å². The van der Waals surface area contributed by atoms with Crippen molar-refractivity contribution in [3.63, 3.8) is 0 Å². The number of thiazole rings is 1. The van der Waals surface area contributed by atoms with Gasteiger partial charge in [-0.25, -0.2) is 4.98 Å². The number of anilines is 2. The van der Waals surface area contributed by atoms with E-state index in [0.29, 0.717) is 6.04 Å². The van der Waals surface area contributed by atoms with Gasteiger partial charge in [0.25, 0.3) is 5.91 Å². The molecule has 2 aromatic carbocycles. The highest BCUT2D eigenvalue weighted by atomic mass is 32.1. The second-order valence-corrected chi connectivity index (χ2v) is 9.37. The number of hydrogen-bond donors (Lipinski definition) is 2. The summed E-state index contributed by atoms with van der Waals surface area (Å²) in [6, 6.07) is 16.7. The lowest BCUT2D eigenvalue weighted by atomic mass is 9.93. The first kappa shape index (κ1) is 20.1. The maximum absolute atomic E-state index is 13.0. The molecule has 1 aromatic heterocycles. The Hall–Kier alpha value is -2.86. The fourth-order valence-electron chi connectivity index (χ4n) is 4.83. The van der Waals surface area contributed by atoms with Crippen LogP contribution in [0, 0.1) is 0 Å². The molecule has 0 unspecified atom stereocenters. The van der Waals surface area contributed by atoms with Gasteiger partial charge in [0.05, 0.1) is 22.6 Å². The number of nitrogens with zero attached hydrogens (tertiary/aromatic N) is 2. The Bertz CT molecular complexity index is 1020. The quantitative estimate of drug-likeness (QED) is 0.560. The Kier molecular flexibility index (Phi) is 5.40. The molecule has 1 fully saturated rings. The standard InChI is InChI=1S/C25H28N4OS/c1-29(20-7-3-2-4-8-20)24(30)19-13-11-18(12-14-19)15-25(23-16-31-17-26-23)27-21-9-5-6-10-22(21)28-25/h5-6,9-14,16-17,20,27-28H,2-4,7-8,15H2,1H3. The zero-order valence-corrected chi connectivity index (χ0v) is 18.6. The normalized spacial score (nSPS) is 17.5. The maximum Gasteiger partial charge on any atom is 0.253 e. The number of amides is 1. The van der Waals surface area contributed by atoms with Crippen LogP contribution in [0.1, 0.15) is 53.7 Å². The molecule has 0 saturated heterocycles. The average molecular weight is 433 g/mol. The SMILES string of the molecule is CN(C(=O)c1ccc(CC2(c3cscn3)Nc3ccccc3N2)cc1)C1CCCCC1. The summed E-state index contributed by atoms with van der Waals surface area (Å²) in [6.45, 7) is 0. The fourth-order valence-corrected chi connectivity index (χ4v) is 5.46. The van der Waals surface area contributed by atoms with E-state index >= 15 is 0 Å². The van der Waals surface area contributed by atoms with Crippen molar-refractivity contribution in [1.82, 2.24) is 9.88 Å². The third kappa shape index (κ3) is 3.92. The molecule has 160 valence electrons. The molecule has 0 radical (unpaired) electrons. The van der Waals surface area contributed by atoms with Crippen molar-refractivity contribution in [3.8, 4) is 0 Å². The third-order valence-corrected chi connectivity index (χ3v) is 7.19. The minimum Gasteiger partial charge on any atom is -0.356 e. The van der Waals surface area contributed by atoms with E-state index in [1.165, 1.54) is 19.3 Å². The molecule has 5 rings (SSSR count). The maximum atomic E-state index is 13.0. The highest BCUT2D eigenvalue weighted by molar-refractivity contribution is 7.07. The summed E-state index contributed by atoms with van der Waals surface area (Å²) in [5.41, 5.74) is 6.42. The number of hydrogen-bond acceptors (Lipinski definition) is 5. The van der Waals surface area contributed by atoms with Gasteiger partial charge in [-0.05, 0) is 42.7 Å². The van der Waals surface area contributed by atoms with Crippen molar-refractivity contribution in [3.05, 3.63) is 76.2 Å². The number of fused-ring (bicyclic) bond motifs is 1. The number of rotatable bonds is 5. The van der Waals surface area contributed by atoms with Crippen molar-refractivity contribution < 1.29 is 4.79 Å². The van der Waals surface area contributed by atoms with E-state index in [0.717, 1.165) is 47.5 Å². The molecule has 1 saturated carbocycles. The van der Waals surface area contributed by atoms with Crippen LogP contribution in [0.2, 0.25) is 0 Å². The van der Waals surface area contributed by atoms with Crippen LogP contribution in [0.25, 0.3) is 0 Å². The van der Waals surface area contributed by atoms with Gasteiger partial charge in [-0.3, -0.25) is 4.79 Å². The smallest absolute Gasteiger partial charge is 0.253 e. The fraction of sp³-hybridized carbons (Fsp3) is 0.360. The molecule has 0 spiro atoms. The van der Waals surface area contributed by atoms with Gasteiger partial charge in [0, 0.05) is 30.5 Å². The van der Waals surface area contributed by atoms with E-state index in [4.69, 9.17) is 0 Å². The molecule has 1 aliphatic carbocycles. The van der Waals surface area contributed by atoms with Crippen LogP contribution in [0.15, 0.2) is 59.4 Å². The van der Waals surface area contributed by atoms with Crippen molar-refractivity contribution in [2.24, 2.45) is 0 Å². The van der Waals surface area contributed by atoms with Crippen LogP contribution in [-0.4, -0.2) is 28.9 Å². The minimum atomic E-state index is -0.492. The molecule has 6 heteroatoms. The van der Waals surface area contributed by atoms with E-state index in [2.05, 4.69) is 45.3 Å². The van der Waals surface area contributed by atoms with Crippen LogP contribution >= 0.6 is 11.3 Å². The Morgan fingerprint density at radius 2 is 1.74 bits per heavy atom. The number of carbonyl (C=O) groups is 1. The molecule has 3 aromatic rings. The first-order valence-electron chi connectivity index (χ1n) is 11.0. The van der Waals surface area contributed by atoms with Crippen molar-refractivity contribution in [1.29, 1.82) is 0 Å². The summed E-state index contributed by atoms with van der Waals surface area (Å²) in [6.07, 6.45) is 6.70. The molecule has 1 aliphatic heterocycles.